The summed E-state index contributed by atoms with van der Waals surface area (Å²) in [6.45, 7) is 1.60. The average Bonchev–Trinajstić information content (AvgIpc) is 3.61. The number of fused-ring (bicyclic) bond motifs is 2. The van der Waals surface area contributed by atoms with E-state index in [2.05, 4.69) is 15.2 Å². The van der Waals surface area contributed by atoms with Crippen LogP contribution in [0.2, 0.25) is 0 Å². The predicted molar refractivity (Wildman–Crippen MR) is 148 cm³/mol. The van der Waals surface area contributed by atoms with E-state index in [9.17, 15) is 30.8 Å². The van der Waals surface area contributed by atoms with Crippen LogP contribution in [0.25, 0.3) is 11.8 Å². The van der Waals surface area contributed by atoms with Crippen molar-refractivity contribution in [3.05, 3.63) is 95.1 Å². The number of sulfone groups is 1. The Morgan fingerprint density at radius 2 is 1.86 bits per heavy atom. The third-order valence-corrected chi connectivity index (χ3v) is 10.9. The molecule has 13 heteroatoms. The number of hydrogen-bond acceptors (Lipinski definition) is 6. The molecule has 3 atom stereocenters. The number of aryl methyl sites for hydroxylation is 1. The highest BCUT2D eigenvalue weighted by atomic mass is 32.2. The molecule has 0 radical (unpaired) electrons. The molecule has 0 saturated heterocycles. The van der Waals surface area contributed by atoms with Crippen LogP contribution in [0, 0.1) is 17.2 Å². The lowest BCUT2D eigenvalue weighted by molar-refractivity contribution is -0.137. The molecule has 4 aromatic rings. The molecule has 1 saturated carbocycles. The fraction of sp³-hybridized carbons (Fsp3) is 0.333. The molecule has 0 spiro atoms. The van der Waals surface area contributed by atoms with Crippen LogP contribution in [0.1, 0.15) is 53.5 Å². The van der Waals surface area contributed by atoms with Crippen molar-refractivity contribution < 1.29 is 30.8 Å². The van der Waals surface area contributed by atoms with E-state index in [1.807, 2.05) is 6.08 Å². The highest BCUT2D eigenvalue weighted by molar-refractivity contribution is 7.92. The molecule has 6 rings (SSSR count). The van der Waals surface area contributed by atoms with Gasteiger partial charge in [0.2, 0.25) is 0 Å². The van der Waals surface area contributed by atoms with E-state index < -0.39 is 49.8 Å². The molecule has 0 bridgehead atoms. The van der Waals surface area contributed by atoms with Gasteiger partial charge in [0, 0.05) is 19.4 Å². The van der Waals surface area contributed by atoms with E-state index in [0.717, 1.165) is 18.3 Å². The van der Waals surface area contributed by atoms with Gasteiger partial charge in [-0.3, -0.25) is 14.5 Å². The Labute approximate surface area is 245 Å². The first-order chi connectivity index (χ1) is 20.3. The molecule has 3 aromatic heterocycles. The molecule has 224 valence electrons. The number of carbonyl (C=O) groups is 1. The van der Waals surface area contributed by atoms with Gasteiger partial charge in [0.25, 0.3) is 0 Å². The van der Waals surface area contributed by atoms with Crippen molar-refractivity contribution in [1.29, 1.82) is 0 Å². The van der Waals surface area contributed by atoms with Gasteiger partial charge in [-0.05, 0) is 86.6 Å². The van der Waals surface area contributed by atoms with Crippen LogP contribution in [-0.4, -0.2) is 44.0 Å². The number of allylic oxidation sites excluding steroid dienone is 1. The van der Waals surface area contributed by atoms with Crippen LogP contribution in [0.3, 0.4) is 0 Å². The third kappa shape index (κ3) is 4.98. The minimum Gasteiger partial charge on any atom is -0.291 e. The van der Waals surface area contributed by atoms with Gasteiger partial charge in [-0.1, -0.05) is 5.57 Å². The lowest BCUT2D eigenvalue weighted by Gasteiger charge is -2.45. The van der Waals surface area contributed by atoms with Gasteiger partial charge in [-0.25, -0.2) is 17.5 Å². The highest BCUT2D eigenvalue weighted by Gasteiger charge is 2.52. The van der Waals surface area contributed by atoms with Crippen molar-refractivity contribution in [2.75, 3.05) is 0 Å². The molecule has 43 heavy (non-hydrogen) atoms. The summed E-state index contributed by atoms with van der Waals surface area (Å²) in [5, 5.41) is 7.57. The zero-order valence-corrected chi connectivity index (χ0v) is 24.0. The number of pyridine rings is 1. The standard InChI is InChI=1S/C30H27F4N5O3S/c1-18(43(41,42)25-16-36-38(2)17-25)19-3-4-21-12-27-20(15-37-39(27)24-7-5-23(31)6-8-24)14-29(21,13-19)28(40)26-11-22(9-10-35-26)30(32,33)34/h5-12,15-19H,3-4,13-14H2,1-2H3/t18?,19-,29+/m0/s1. The summed E-state index contributed by atoms with van der Waals surface area (Å²) in [5.74, 6) is -1.48. The number of rotatable bonds is 6. The van der Waals surface area contributed by atoms with Crippen molar-refractivity contribution in [2.45, 2.75) is 48.9 Å². The van der Waals surface area contributed by atoms with Gasteiger partial charge in [0.05, 0.1) is 40.0 Å². The van der Waals surface area contributed by atoms with Gasteiger partial charge in [0.15, 0.2) is 15.6 Å². The van der Waals surface area contributed by atoms with Gasteiger partial charge >= 0.3 is 6.18 Å². The number of carbonyl (C=O) groups excluding carboxylic acids is 1. The SMILES string of the molecule is CC([C@H]1CCC2=Cc3c(cnn3-c3ccc(F)cc3)C[C@]2(C(=O)c2cc(C(F)(F)F)ccn2)C1)S(=O)(=O)c1cnn(C)c1. The maximum absolute atomic E-state index is 14.3. The van der Waals surface area contributed by atoms with Gasteiger partial charge in [-0.2, -0.15) is 23.4 Å². The molecular formula is C30H27F4N5O3S. The van der Waals surface area contributed by atoms with Crippen LogP contribution >= 0.6 is 0 Å². The third-order valence-electron chi connectivity index (χ3n) is 8.69. The van der Waals surface area contributed by atoms with Crippen LogP contribution in [-0.2, 0) is 29.5 Å². The van der Waals surface area contributed by atoms with E-state index >= 15 is 0 Å². The van der Waals surface area contributed by atoms with Crippen LogP contribution < -0.4 is 0 Å². The minimum atomic E-state index is -4.67. The monoisotopic (exact) mass is 613 g/mol. The molecule has 0 N–H and O–H groups in total. The summed E-state index contributed by atoms with van der Waals surface area (Å²) in [4.78, 5) is 18.5. The van der Waals surface area contributed by atoms with Crippen molar-refractivity contribution in [2.24, 2.45) is 18.4 Å². The number of hydrogen-bond donors (Lipinski definition) is 0. The van der Waals surface area contributed by atoms with Gasteiger partial charge in [0.1, 0.15) is 16.4 Å². The van der Waals surface area contributed by atoms with Crippen LogP contribution in [0.4, 0.5) is 17.6 Å². The van der Waals surface area contributed by atoms with E-state index in [-0.39, 0.29) is 23.4 Å². The second kappa shape index (κ2) is 10.2. The first kappa shape index (κ1) is 29.0. The fourth-order valence-corrected chi connectivity index (χ4v) is 7.99. The van der Waals surface area contributed by atoms with Crippen molar-refractivity contribution in [1.82, 2.24) is 24.5 Å². The largest absolute Gasteiger partial charge is 0.416 e. The molecule has 1 aromatic carbocycles. The Bertz CT molecular complexity index is 1860. The molecule has 2 aliphatic carbocycles. The first-order valence-corrected chi connectivity index (χ1v) is 15.2. The van der Waals surface area contributed by atoms with Gasteiger partial charge in [-0.15, -0.1) is 0 Å². The molecular weight excluding hydrogens is 586 g/mol. The Hall–Kier alpha value is -4.13. The Morgan fingerprint density at radius 1 is 1.12 bits per heavy atom. The van der Waals surface area contributed by atoms with E-state index in [0.29, 0.717) is 35.4 Å². The van der Waals surface area contributed by atoms with E-state index in [4.69, 9.17) is 0 Å². The van der Waals surface area contributed by atoms with Crippen molar-refractivity contribution in [3.63, 3.8) is 0 Å². The van der Waals surface area contributed by atoms with E-state index in [1.165, 1.54) is 29.2 Å². The van der Waals surface area contributed by atoms with Crippen molar-refractivity contribution in [3.8, 4) is 5.69 Å². The molecule has 0 amide bonds. The summed E-state index contributed by atoms with van der Waals surface area (Å²) in [5.41, 5.74) is -0.0408. The molecule has 3 heterocycles. The van der Waals surface area contributed by atoms with E-state index in [1.54, 1.807) is 37.0 Å². The highest BCUT2D eigenvalue weighted by Crippen LogP contribution is 2.53. The predicted octanol–water partition coefficient (Wildman–Crippen LogP) is 5.63. The molecule has 1 unspecified atom stereocenters. The topological polar surface area (TPSA) is 99.7 Å². The zero-order valence-electron chi connectivity index (χ0n) is 23.2. The number of benzene rings is 1. The van der Waals surface area contributed by atoms with Crippen LogP contribution in [0.15, 0.2) is 71.7 Å². The number of halogens is 4. The Kier molecular flexibility index (Phi) is 6.90. The van der Waals surface area contributed by atoms with Crippen LogP contribution in [0.5, 0.6) is 0 Å². The van der Waals surface area contributed by atoms with Crippen molar-refractivity contribution >= 4 is 21.7 Å². The molecule has 0 aliphatic heterocycles. The summed E-state index contributed by atoms with van der Waals surface area (Å²) >= 11 is 0. The second-order valence-electron chi connectivity index (χ2n) is 11.2. The first-order valence-electron chi connectivity index (χ1n) is 13.6. The summed E-state index contributed by atoms with van der Waals surface area (Å²) < 4.78 is 84.5. The zero-order chi connectivity index (χ0) is 30.7. The average molecular weight is 614 g/mol. The summed E-state index contributed by atoms with van der Waals surface area (Å²) in [6.07, 6.45) is 3.37. The Balaban J connectivity index is 1.44. The normalized spacial score (nSPS) is 21.1. The number of ketones is 1. The lowest BCUT2D eigenvalue weighted by atomic mass is 9.58. The number of nitrogens with zero attached hydrogens (tertiary/aromatic N) is 5. The summed E-state index contributed by atoms with van der Waals surface area (Å²) in [7, 11) is -2.21. The fourth-order valence-electron chi connectivity index (χ4n) is 6.33. The number of aromatic nitrogens is 5. The minimum absolute atomic E-state index is 0.0651. The quantitative estimate of drug-likeness (QED) is 0.207. The number of alkyl halides is 3. The summed E-state index contributed by atoms with van der Waals surface area (Å²) in [6, 6.07) is 7.32. The number of Topliss-reactive ketones (excluding diaryl/α,β-unsaturated/α-hetero) is 1. The smallest absolute Gasteiger partial charge is 0.291 e. The second-order valence-corrected chi connectivity index (χ2v) is 13.5. The molecule has 2 aliphatic rings. The molecule has 1 fully saturated rings. The maximum atomic E-state index is 14.3. The van der Waals surface area contributed by atoms with Gasteiger partial charge < -0.3 is 0 Å². The lowest BCUT2D eigenvalue weighted by Crippen LogP contribution is -2.45. The Morgan fingerprint density at radius 3 is 2.53 bits per heavy atom. The molecule has 8 nitrogen and oxygen atoms in total. The maximum Gasteiger partial charge on any atom is 0.416 e.